The van der Waals surface area contributed by atoms with Gasteiger partial charge in [-0.15, -0.1) is 0 Å². The number of phenolic OH excluding ortho intramolecular Hbond substituents is 1. The third-order valence-electron chi connectivity index (χ3n) is 2.84. The third-order valence-corrected chi connectivity index (χ3v) is 3.58. The first kappa shape index (κ1) is 17.6. The Hall–Kier alpha value is -2.72. The first-order chi connectivity index (χ1) is 11.3. The van der Waals surface area contributed by atoms with Crippen LogP contribution in [0, 0.1) is 20.2 Å². The van der Waals surface area contributed by atoms with Gasteiger partial charge in [0.15, 0.2) is 0 Å². The fourth-order valence-electron chi connectivity index (χ4n) is 1.73. The third kappa shape index (κ3) is 3.97. The number of benzene rings is 2. The Morgan fingerprint density at radius 2 is 1.92 bits per heavy atom. The average Bonchev–Trinajstić information content (AvgIpc) is 2.51. The highest BCUT2D eigenvalue weighted by Crippen LogP contribution is 2.31. The molecule has 0 radical (unpaired) electrons. The van der Waals surface area contributed by atoms with Crippen molar-refractivity contribution in [1.82, 2.24) is 0 Å². The van der Waals surface area contributed by atoms with Gasteiger partial charge in [-0.2, -0.15) is 5.10 Å². The number of aromatic hydroxyl groups is 1. The molecule has 2 N–H and O–H groups in total. The van der Waals surface area contributed by atoms with Crippen molar-refractivity contribution in [3.8, 4) is 5.75 Å². The van der Waals surface area contributed by atoms with E-state index in [1.54, 1.807) is 0 Å². The molecule has 124 valence electrons. The van der Waals surface area contributed by atoms with Crippen molar-refractivity contribution in [1.29, 1.82) is 0 Å². The Kier molecular flexibility index (Phi) is 5.31. The number of nitrogens with one attached hydrogen (secondary N) is 1. The first-order valence-corrected chi connectivity index (χ1v) is 7.36. The van der Waals surface area contributed by atoms with E-state index < -0.39 is 21.2 Å². The number of hydrazone groups is 1. The van der Waals surface area contributed by atoms with Crippen LogP contribution in [0.1, 0.15) is 5.56 Å². The second-order valence-corrected chi connectivity index (χ2v) is 5.73. The lowest BCUT2D eigenvalue weighted by atomic mass is 10.2. The predicted octanol–water partition coefficient (Wildman–Crippen LogP) is 4.07. The van der Waals surface area contributed by atoms with E-state index in [4.69, 9.17) is 11.6 Å². The van der Waals surface area contributed by atoms with E-state index in [1.807, 2.05) is 0 Å². The normalized spacial score (nSPS) is 10.8. The molecule has 0 unspecified atom stereocenters. The molecular formula is C13H8BrClN4O5. The van der Waals surface area contributed by atoms with Gasteiger partial charge >= 0.3 is 5.69 Å². The van der Waals surface area contributed by atoms with Crippen LogP contribution in [0.25, 0.3) is 0 Å². The molecule has 0 aliphatic carbocycles. The van der Waals surface area contributed by atoms with Gasteiger partial charge in [0.25, 0.3) is 5.69 Å². The minimum absolute atomic E-state index is 0.0394. The summed E-state index contributed by atoms with van der Waals surface area (Å²) in [6.07, 6.45) is 1.21. The Morgan fingerprint density at radius 1 is 1.21 bits per heavy atom. The van der Waals surface area contributed by atoms with Crippen molar-refractivity contribution in [2.45, 2.75) is 0 Å². The topological polar surface area (TPSA) is 131 Å². The second kappa shape index (κ2) is 7.23. The minimum Gasteiger partial charge on any atom is -0.506 e. The highest BCUT2D eigenvalue weighted by molar-refractivity contribution is 9.10. The van der Waals surface area contributed by atoms with Crippen molar-refractivity contribution in [3.05, 3.63) is 65.6 Å². The standard InChI is InChI=1S/C13H8BrClN4O5/c14-8-3-7(13(20)10(15)4-8)6-16-17-11-2-1-9(18(21)22)5-12(11)19(23)24/h1-6,17,20H/b16-6+. The molecule has 2 aromatic rings. The molecule has 0 aliphatic heterocycles. The van der Waals surface area contributed by atoms with Crippen molar-refractivity contribution in [2.24, 2.45) is 5.10 Å². The van der Waals surface area contributed by atoms with E-state index in [-0.39, 0.29) is 22.0 Å². The number of halogens is 2. The van der Waals surface area contributed by atoms with E-state index in [0.29, 0.717) is 4.47 Å². The molecule has 0 fully saturated rings. The van der Waals surface area contributed by atoms with Crippen LogP contribution >= 0.6 is 27.5 Å². The number of hydrogen-bond acceptors (Lipinski definition) is 7. The van der Waals surface area contributed by atoms with Crippen molar-refractivity contribution < 1.29 is 15.0 Å². The van der Waals surface area contributed by atoms with Gasteiger partial charge in [-0.25, -0.2) is 0 Å². The summed E-state index contributed by atoms with van der Waals surface area (Å²) < 4.78 is 0.605. The number of nitro groups is 2. The maximum absolute atomic E-state index is 11.0. The van der Waals surface area contributed by atoms with Gasteiger partial charge < -0.3 is 5.11 Å². The highest BCUT2D eigenvalue weighted by atomic mass is 79.9. The summed E-state index contributed by atoms with van der Waals surface area (Å²) in [4.78, 5) is 20.2. The van der Waals surface area contributed by atoms with Crippen LogP contribution in [0.3, 0.4) is 0 Å². The van der Waals surface area contributed by atoms with E-state index in [0.717, 1.165) is 12.1 Å². The van der Waals surface area contributed by atoms with Gasteiger partial charge in [0.05, 0.1) is 27.2 Å². The average molecular weight is 416 g/mol. The fourth-order valence-corrected chi connectivity index (χ4v) is 2.57. The number of anilines is 1. The monoisotopic (exact) mass is 414 g/mol. The van der Waals surface area contributed by atoms with Crippen LogP contribution in [0.5, 0.6) is 5.75 Å². The summed E-state index contributed by atoms with van der Waals surface area (Å²) in [6.45, 7) is 0. The number of nitro benzene ring substituents is 2. The summed E-state index contributed by atoms with van der Waals surface area (Å²) in [5, 5.41) is 35.4. The van der Waals surface area contributed by atoms with Crippen LogP contribution in [-0.2, 0) is 0 Å². The zero-order valence-electron chi connectivity index (χ0n) is 11.6. The van der Waals surface area contributed by atoms with E-state index in [1.165, 1.54) is 24.4 Å². The number of non-ortho nitro benzene ring substituents is 1. The lowest BCUT2D eigenvalue weighted by Crippen LogP contribution is -1.99. The number of hydrogen-bond donors (Lipinski definition) is 2. The van der Waals surface area contributed by atoms with Gasteiger partial charge in [-0.3, -0.25) is 25.7 Å². The molecule has 0 aliphatic rings. The van der Waals surface area contributed by atoms with Crippen LogP contribution in [-0.4, -0.2) is 21.2 Å². The largest absolute Gasteiger partial charge is 0.506 e. The first-order valence-electron chi connectivity index (χ1n) is 6.19. The van der Waals surface area contributed by atoms with Crippen LogP contribution in [0.4, 0.5) is 17.1 Å². The molecule has 0 saturated carbocycles. The van der Waals surface area contributed by atoms with E-state index in [9.17, 15) is 25.3 Å². The molecule has 11 heteroatoms. The summed E-state index contributed by atoms with van der Waals surface area (Å²) in [7, 11) is 0. The molecule has 0 atom stereocenters. The van der Waals surface area contributed by atoms with Crippen molar-refractivity contribution in [2.75, 3.05) is 5.43 Å². The number of rotatable bonds is 5. The second-order valence-electron chi connectivity index (χ2n) is 4.41. The molecule has 0 saturated heterocycles. The molecule has 2 aromatic carbocycles. The lowest BCUT2D eigenvalue weighted by molar-refractivity contribution is -0.393. The molecule has 24 heavy (non-hydrogen) atoms. The smallest absolute Gasteiger partial charge is 0.301 e. The summed E-state index contributed by atoms with van der Waals surface area (Å²) in [5.41, 5.74) is 1.73. The van der Waals surface area contributed by atoms with Crippen LogP contribution in [0.15, 0.2) is 39.9 Å². The maximum atomic E-state index is 11.0. The summed E-state index contributed by atoms with van der Waals surface area (Å²) in [5.74, 6) is -0.205. The Bertz CT molecular complexity index is 858. The van der Waals surface area contributed by atoms with Crippen molar-refractivity contribution >= 4 is 50.8 Å². The van der Waals surface area contributed by atoms with Crippen LogP contribution < -0.4 is 5.43 Å². The van der Waals surface area contributed by atoms with Crippen LogP contribution in [0.2, 0.25) is 5.02 Å². The van der Waals surface area contributed by atoms with Gasteiger partial charge in [0.2, 0.25) is 0 Å². The van der Waals surface area contributed by atoms with E-state index in [2.05, 4.69) is 26.5 Å². The van der Waals surface area contributed by atoms with Crippen molar-refractivity contribution in [3.63, 3.8) is 0 Å². The molecule has 0 heterocycles. The number of phenols is 1. The molecule has 0 bridgehead atoms. The minimum atomic E-state index is -0.766. The maximum Gasteiger partial charge on any atom is 0.301 e. The molecule has 9 nitrogen and oxygen atoms in total. The van der Waals surface area contributed by atoms with Gasteiger partial charge in [-0.05, 0) is 18.2 Å². The quantitative estimate of drug-likeness (QED) is 0.430. The Morgan fingerprint density at radius 3 is 2.54 bits per heavy atom. The summed E-state index contributed by atoms with van der Waals surface area (Å²) >= 11 is 9.02. The Balaban J connectivity index is 2.29. The lowest BCUT2D eigenvalue weighted by Gasteiger charge is -2.04. The van der Waals surface area contributed by atoms with Gasteiger partial charge in [0.1, 0.15) is 11.4 Å². The highest BCUT2D eigenvalue weighted by Gasteiger charge is 2.19. The predicted molar refractivity (Wildman–Crippen MR) is 91.8 cm³/mol. The fraction of sp³-hybridized carbons (Fsp3) is 0. The molecule has 0 amide bonds. The van der Waals surface area contributed by atoms with Gasteiger partial charge in [-0.1, -0.05) is 27.5 Å². The van der Waals surface area contributed by atoms with Gasteiger partial charge in [0, 0.05) is 16.1 Å². The molecule has 0 aromatic heterocycles. The zero-order valence-corrected chi connectivity index (χ0v) is 14.0. The molecular weight excluding hydrogens is 408 g/mol. The van der Waals surface area contributed by atoms with E-state index >= 15 is 0 Å². The SMILES string of the molecule is O=[N+]([O-])c1ccc(N/N=C/c2cc(Br)cc(Cl)c2O)c([N+](=O)[O-])c1. The molecule has 2 rings (SSSR count). The number of nitrogens with zero attached hydrogens (tertiary/aromatic N) is 3. The Labute approximate surface area is 148 Å². The molecule has 0 spiro atoms. The zero-order chi connectivity index (χ0) is 17.9. The summed E-state index contributed by atoms with van der Waals surface area (Å²) in [6, 6.07) is 6.13.